The van der Waals surface area contributed by atoms with Gasteiger partial charge in [0, 0.05) is 37.6 Å². The molecule has 140 valence electrons. The van der Waals surface area contributed by atoms with Gasteiger partial charge in [-0.3, -0.25) is 9.67 Å². The van der Waals surface area contributed by atoms with Gasteiger partial charge in [-0.25, -0.2) is 0 Å². The van der Waals surface area contributed by atoms with E-state index in [2.05, 4.69) is 83.8 Å². The maximum absolute atomic E-state index is 4.66. The van der Waals surface area contributed by atoms with Gasteiger partial charge < -0.3 is 5.32 Å². The second kappa shape index (κ2) is 7.69. The van der Waals surface area contributed by atoms with Crippen LogP contribution in [0.3, 0.4) is 0 Å². The van der Waals surface area contributed by atoms with Crippen LogP contribution in [-0.2, 0) is 13.6 Å². The molecular formula is C24H24N4. The average Bonchev–Trinajstić information content (AvgIpc) is 3.10. The molecule has 0 aliphatic heterocycles. The normalized spacial score (nSPS) is 10.8. The van der Waals surface area contributed by atoms with Gasteiger partial charge in [0.25, 0.3) is 0 Å². The van der Waals surface area contributed by atoms with E-state index >= 15 is 0 Å². The topological polar surface area (TPSA) is 42.7 Å². The first kappa shape index (κ1) is 18.0. The van der Waals surface area contributed by atoms with Gasteiger partial charge in [0.05, 0.1) is 5.69 Å². The van der Waals surface area contributed by atoms with E-state index in [0.29, 0.717) is 0 Å². The van der Waals surface area contributed by atoms with Gasteiger partial charge in [0.15, 0.2) is 0 Å². The summed E-state index contributed by atoms with van der Waals surface area (Å²) in [5.41, 5.74) is 8.31. The molecule has 2 aromatic carbocycles. The van der Waals surface area contributed by atoms with Crippen molar-refractivity contribution >= 4 is 5.82 Å². The molecule has 0 bridgehead atoms. The lowest BCUT2D eigenvalue weighted by molar-refractivity contribution is 0.771. The third kappa shape index (κ3) is 3.81. The zero-order valence-electron chi connectivity index (χ0n) is 16.5. The molecule has 0 radical (unpaired) electrons. The molecular weight excluding hydrogens is 344 g/mol. The van der Waals surface area contributed by atoms with Gasteiger partial charge in [0.1, 0.15) is 5.82 Å². The highest BCUT2D eigenvalue weighted by molar-refractivity contribution is 5.70. The fraction of sp³-hybridized carbons (Fsp3) is 0.167. The van der Waals surface area contributed by atoms with Crippen molar-refractivity contribution in [3.63, 3.8) is 0 Å². The quantitative estimate of drug-likeness (QED) is 0.514. The van der Waals surface area contributed by atoms with Crippen LogP contribution in [0.1, 0.15) is 16.7 Å². The predicted molar refractivity (Wildman–Crippen MR) is 115 cm³/mol. The molecule has 0 saturated heterocycles. The van der Waals surface area contributed by atoms with E-state index in [-0.39, 0.29) is 0 Å². The summed E-state index contributed by atoms with van der Waals surface area (Å²) in [4.78, 5) is 4.15. The largest absolute Gasteiger partial charge is 0.366 e. The highest BCUT2D eigenvalue weighted by Gasteiger charge is 2.08. The number of nitrogens with one attached hydrogen (secondary N) is 1. The Kier molecular flexibility index (Phi) is 4.94. The lowest BCUT2D eigenvalue weighted by Crippen LogP contribution is -2.04. The van der Waals surface area contributed by atoms with Crippen molar-refractivity contribution in [3.8, 4) is 22.4 Å². The van der Waals surface area contributed by atoms with Crippen LogP contribution in [0.4, 0.5) is 5.82 Å². The molecule has 2 heterocycles. The molecule has 4 rings (SSSR count). The summed E-state index contributed by atoms with van der Waals surface area (Å²) in [6.07, 6.45) is 3.66. The molecule has 0 fully saturated rings. The van der Waals surface area contributed by atoms with E-state index in [1.807, 2.05) is 24.0 Å². The van der Waals surface area contributed by atoms with Crippen LogP contribution in [0.2, 0.25) is 0 Å². The zero-order chi connectivity index (χ0) is 19.5. The first-order chi connectivity index (χ1) is 13.6. The van der Waals surface area contributed by atoms with Gasteiger partial charge in [-0.2, -0.15) is 5.10 Å². The van der Waals surface area contributed by atoms with Gasteiger partial charge in [-0.05, 0) is 47.7 Å². The van der Waals surface area contributed by atoms with Crippen molar-refractivity contribution in [1.29, 1.82) is 0 Å². The predicted octanol–water partition coefficient (Wildman–Crippen LogP) is 5.38. The molecule has 0 aliphatic carbocycles. The van der Waals surface area contributed by atoms with Crippen molar-refractivity contribution in [3.05, 3.63) is 89.7 Å². The summed E-state index contributed by atoms with van der Waals surface area (Å²) < 4.78 is 1.88. The number of aromatic nitrogens is 3. The van der Waals surface area contributed by atoms with Crippen LogP contribution in [0.5, 0.6) is 0 Å². The molecule has 0 saturated carbocycles. The maximum Gasteiger partial charge on any atom is 0.124 e. The van der Waals surface area contributed by atoms with E-state index in [0.717, 1.165) is 29.2 Å². The van der Waals surface area contributed by atoms with Crippen molar-refractivity contribution in [2.75, 3.05) is 5.32 Å². The Morgan fingerprint density at radius 2 is 1.61 bits per heavy atom. The number of benzene rings is 2. The fourth-order valence-electron chi connectivity index (χ4n) is 3.22. The summed E-state index contributed by atoms with van der Waals surface area (Å²) in [5.74, 6) is 0.983. The van der Waals surface area contributed by atoms with E-state index < -0.39 is 0 Å². The van der Waals surface area contributed by atoms with Crippen LogP contribution >= 0.6 is 0 Å². The smallest absolute Gasteiger partial charge is 0.124 e. The van der Waals surface area contributed by atoms with Gasteiger partial charge in [0.2, 0.25) is 0 Å². The minimum absolute atomic E-state index is 0.721. The highest BCUT2D eigenvalue weighted by atomic mass is 15.3. The van der Waals surface area contributed by atoms with E-state index in [4.69, 9.17) is 0 Å². The van der Waals surface area contributed by atoms with Gasteiger partial charge in [-0.15, -0.1) is 0 Å². The number of pyridine rings is 1. The number of anilines is 1. The van der Waals surface area contributed by atoms with Crippen LogP contribution in [-0.4, -0.2) is 14.8 Å². The lowest BCUT2D eigenvalue weighted by Gasteiger charge is -2.06. The molecule has 1 N–H and O–H groups in total. The van der Waals surface area contributed by atoms with E-state index in [9.17, 15) is 0 Å². The van der Waals surface area contributed by atoms with Crippen LogP contribution in [0, 0.1) is 13.8 Å². The molecule has 0 spiro atoms. The second-order valence-corrected chi connectivity index (χ2v) is 7.13. The average molecular weight is 368 g/mol. The van der Waals surface area contributed by atoms with Crippen LogP contribution in [0.15, 0.2) is 73.1 Å². The summed E-state index contributed by atoms with van der Waals surface area (Å²) in [6, 6.07) is 21.3. The summed E-state index contributed by atoms with van der Waals surface area (Å²) >= 11 is 0. The first-order valence-electron chi connectivity index (χ1n) is 9.45. The number of aryl methyl sites for hydroxylation is 3. The Morgan fingerprint density at radius 3 is 2.32 bits per heavy atom. The Morgan fingerprint density at radius 1 is 0.857 bits per heavy atom. The minimum Gasteiger partial charge on any atom is -0.366 e. The molecule has 2 aromatic heterocycles. The number of hydrogen-bond acceptors (Lipinski definition) is 3. The summed E-state index contributed by atoms with van der Waals surface area (Å²) in [7, 11) is 1.96. The molecule has 28 heavy (non-hydrogen) atoms. The molecule has 0 amide bonds. The Balaban J connectivity index is 1.52. The monoisotopic (exact) mass is 368 g/mol. The Hall–Kier alpha value is -3.40. The molecule has 0 atom stereocenters. The SMILES string of the molecule is Cc1ccc(-c2ccc(-c3cc(NCc4cccnc4)n(C)n3)cc2)cc1C. The van der Waals surface area contributed by atoms with E-state index in [1.54, 1.807) is 6.20 Å². The molecule has 0 unspecified atom stereocenters. The lowest BCUT2D eigenvalue weighted by atomic mass is 9.99. The van der Waals surface area contributed by atoms with Crippen molar-refractivity contribution < 1.29 is 0 Å². The standard InChI is InChI=1S/C24H24N4/c1-17-6-7-22(13-18(17)2)20-8-10-21(11-9-20)23-14-24(28(3)27-23)26-16-19-5-4-12-25-15-19/h4-15,26H,16H2,1-3H3. The van der Waals surface area contributed by atoms with E-state index in [1.165, 1.54) is 22.3 Å². The van der Waals surface area contributed by atoms with Crippen LogP contribution in [0.25, 0.3) is 22.4 Å². The van der Waals surface area contributed by atoms with Crippen molar-refractivity contribution in [1.82, 2.24) is 14.8 Å². The van der Waals surface area contributed by atoms with Gasteiger partial charge >= 0.3 is 0 Å². The third-order valence-corrected chi connectivity index (χ3v) is 5.10. The maximum atomic E-state index is 4.66. The van der Waals surface area contributed by atoms with Gasteiger partial charge in [-0.1, -0.05) is 48.5 Å². The second-order valence-electron chi connectivity index (χ2n) is 7.13. The number of hydrogen-bond donors (Lipinski definition) is 1. The Bertz CT molecular complexity index is 1080. The minimum atomic E-state index is 0.721. The first-order valence-corrected chi connectivity index (χ1v) is 9.45. The Labute approximate surface area is 165 Å². The molecule has 4 nitrogen and oxygen atoms in total. The molecule has 4 heteroatoms. The zero-order valence-corrected chi connectivity index (χ0v) is 16.5. The number of rotatable bonds is 5. The fourth-order valence-corrected chi connectivity index (χ4v) is 3.22. The number of nitrogens with zero attached hydrogens (tertiary/aromatic N) is 3. The summed E-state index contributed by atoms with van der Waals surface area (Å²) in [5, 5.41) is 8.09. The third-order valence-electron chi connectivity index (χ3n) is 5.10. The molecule has 4 aromatic rings. The van der Waals surface area contributed by atoms with Crippen molar-refractivity contribution in [2.45, 2.75) is 20.4 Å². The van der Waals surface area contributed by atoms with Crippen LogP contribution < -0.4 is 5.32 Å². The highest BCUT2D eigenvalue weighted by Crippen LogP contribution is 2.27. The summed E-state index contributed by atoms with van der Waals surface area (Å²) in [6.45, 7) is 5.02. The molecule has 0 aliphatic rings. The van der Waals surface area contributed by atoms with Crippen molar-refractivity contribution in [2.24, 2.45) is 7.05 Å².